The van der Waals surface area contributed by atoms with Crippen molar-refractivity contribution in [2.75, 3.05) is 11.9 Å². The largest absolute Gasteiger partial charge is 0.377 e. The minimum absolute atomic E-state index is 0.0164. The van der Waals surface area contributed by atoms with E-state index in [2.05, 4.69) is 31.4 Å². The lowest BCUT2D eigenvalue weighted by molar-refractivity contribution is -0.121. The first-order chi connectivity index (χ1) is 10.1. The molecule has 1 fully saturated rings. The third kappa shape index (κ3) is 4.55. The van der Waals surface area contributed by atoms with Crippen molar-refractivity contribution in [3.8, 4) is 0 Å². The number of anilines is 1. The topological polar surface area (TPSA) is 50.4 Å². The molecule has 1 heterocycles. The number of hydrogen-bond acceptors (Lipinski definition) is 3. The second kappa shape index (κ2) is 7.57. The van der Waals surface area contributed by atoms with E-state index in [4.69, 9.17) is 4.74 Å². The Morgan fingerprint density at radius 3 is 2.67 bits per heavy atom. The normalized spacial score (nSPS) is 21.7. The Balaban J connectivity index is 1.89. The maximum absolute atomic E-state index is 12.3. The van der Waals surface area contributed by atoms with Gasteiger partial charge in [0, 0.05) is 24.9 Å². The first-order valence-corrected chi connectivity index (χ1v) is 7.85. The number of benzene rings is 1. The van der Waals surface area contributed by atoms with Crippen LogP contribution in [0.1, 0.15) is 39.2 Å². The van der Waals surface area contributed by atoms with E-state index in [9.17, 15) is 4.79 Å². The predicted octanol–water partition coefficient (Wildman–Crippen LogP) is 2.94. The molecule has 0 bridgehead atoms. The van der Waals surface area contributed by atoms with Crippen LogP contribution >= 0.6 is 0 Å². The lowest BCUT2D eigenvalue weighted by atomic mass is 9.98. The summed E-state index contributed by atoms with van der Waals surface area (Å²) in [6, 6.07) is 8.50. The summed E-state index contributed by atoms with van der Waals surface area (Å²) in [7, 11) is 0. The smallest absolute Gasteiger partial charge is 0.230 e. The van der Waals surface area contributed by atoms with Crippen molar-refractivity contribution in [2.24, 2.45) is 5.92 Å². The number of rotatable bonds is 6. The molecule has 0 saturated carbocycles. The van der Waals surface area contributed by atoms with Crippen LogP contribution in [0.5, 0.6) is 0 Å². The fourth-order valence-corrected chi connectivity index (χ4v) is 2.61. The predicted molar refractivity (Wildman–Crippen MR) is 85.2 cm³/mol. The van der Waals surface area contributed by atoms with Crippen LogP contribution < -0.4 is 10.6 Å². The summed E-state index contributed by atoms with van der Waals surface area (Å²) in [5, 5.41) is 6.38. The van der Waals surface area contributed by atoms with Gasteiger partial charge in [-0.05, 0) is 30.5 Å². The summed E-state index contributed by atoms with van der Waals surface area (Å²) in [6.07, 6.45) is 1.78. The zero-order valence-electron chi connectivity index (χ0n) is 13.2. The monoisotopic (exact) mass is 290 g/mol. The first-order valence-electron chi connectivity index (χ1n) is 7.85. The third-order valence-electron chi connectivity index (χ3n) is 3.88. The third-order valence-corrected chi connectivity index (χ3v) is 3.88. The molecule has 1 saturated heterocycles. The molecule has 0 radical (unpaired) electrons. The number of amides is 1. The maximum atomic E-state index is 12.3. The molecule has 2 atom stereocenters. The molecule has 2 N–H and O–H groups in total. The zero-order chi connectivity index (χ0) is 15.2. The van der Waals surface area contributed by atoms with E-state index < -0.39 is 0 Å². The molecule has 1 aliphatic rings. The van der Waals surface area contributed by atoms with Gasteiger partial charge in [0.05, 0.1) is 12.0 Å². The number of carbonyl (C=O) groups is 1. The Morgan fingerprint density at radius 2 is 2.05 bits per heavy atom. The first kappa shape index (κ1) is 16.0. The van der Waals surface area contributed by atoms with Gasteiger partial charge in [0.2, 0.25) is 5.91 Å². The van der Waals surface area contributed by atoms with Crippen LogP contribution in [0.15, 0.2) is 24.3 Å². The highest BCUT2D eigenvalue weighted by molar-refractivity contribution is 5.93. The molecule has 1 aromatic rings. The Bertz CT molecular complexity index is 456. The van der Waals surface area contributed by atoms with Crippen molar-refractivity contribution in [1.29, 1.82) is 0 Å². The van der Waals surface area contributed by atoms with Crippen molar-refractivity contribution in [3.05, 3.63) is 29.8 Å². The summed E-state index contributed by atoms with van der Waals surface area (Å²) in [4.78, 5) is 12.3. The van der Waals surface area contributed by atoms with Crippen LogP contribution in [-0.4, -0.2) is 24.7 Å². The average Bonchev–Trinajstić information content (AvgIpc) is 2.95. The van der Waals surface area contributed by atoms with E-state index in [0.717, 1.165) is 25.1 Å². The van der Waals surface area contributed by atoms with Gasteiger partial charge in [0.1, 0.15) is 0 Å². The molecular weight excluding hydrogens is 264 g/mol. The van der Waals surface area contributed by atoms with Crippen LogP contribution in [0.2, 0.25) is 0 Å². The van der Waals surface area contributed by atoms with Gasteiger partial charge < -0.3 is 15.4 Å². The van der Waals surface area contributed by atoms with E-state index in [1.54, 1.807) is 0 Å². The summed E-state index contributed by atoms with van der Waals surface area (Å²) in [5.41, 5.74) is 2.08. The highest BCUT2D eigenvalue weighted by Gasteiger charge is 2.32. The van der Waals surface area contributed by atoms with E-state index in [0.29, 0.717) is 12.6 Å². The van der Waals surface area contributed by atoms with E-state index >= 15 is 0 Å². The maximum Gasteiger partial charge on any atom is 0.230 e. The molecule has 21 heavy (non-hydrogen) atoms. The molecule has 4 heteroatoms. The molecular formula is C17H26N2O2. The van der Waals surface area contributed by atoms with E-state index in [-0.39, 0.29) is 17.9 Å². The molecule has 0 aromatic heterocycles. The minimum atomic E-state index is -0.0164. The molecule has 0 aliphatic carbocycles. The van der Waals surface area contributed by atoms with Crippen LogP contribution in [0, 0.1) is 5.92 Å². The van der Waals surface area contributed by atoms with Gasteiger partial charge in [0.25, 0.3) is 0 Å². The fourth-order valence-electron chi connectivity index (χ4n) is 2.61. The standard InChI is InChI=1S/C17H26N2O2/c1-4-16-15(9-10-21-16)17(20)19-14-7-5-13(6-8-14)11-18-12(2)3/h5-8,12,15-16,18H,4,9-11H2,1-3H3,(H,19,20). The molecule has 1 aliphatic heterocycles. The van der Waals surface area contributed by atoms with Crippen molar-refractivity contribution >= 4 is 11.6 Å². The van der Waals surface area contributed by atoms with Gasteiger partial charge in [-0.1, -0.05) is 32.9 Å². The quantitative estimate of drug-likeness (QED) is 0.847. The summed E-state index contributed by atoms with van der Waals surface area (Å²) in [6.45, 7) is 7.86. The Labute approximate surface area is 127 Å². The van der Waals surface area contributed by atoms with Gasteiger partial charge in [-0.2, -0.15) is 0 Å². The lowest BCUT2D eigenvalue weighted by Crippen LogP contribution is -2.29. The van der Waals surface area contributed by atoms with E-state index in [1.807, 2.05) is 24.3 Å². The van der Waals surface area contributed by atoms with Gasteiger partial charge in [-0.15, -0.1) is 0 Å². The number of nitrogens with one attached hydrogen (secondary N) is 2. The molecule has 0 spiro atoms. The number of hydrogen-bond donors (Lipinski definition) is 2. The minimum Gasteiger partial charge on any atom is -0.377 e. The molecule has 2 unspecified atom stereocenters. The van der Waals surface area contributed by atoms with Gasteiger partial charge in [0.15, 0.2) is 0 Å². The Morgan fingerprint density at radius 1 is 1.33 bits per heavy atom. The van der Waals surface area contributed by atoms with Crippen LogP contribution in [0.3, 0.4) is 0 Å². The average molecular weight is 290 g/mol. The summed E-state index contributed by atoms with van der Waals surface area (Å²) < 4.78 is 5.58. The zero-order valence-corrected chi connectivity index (χ0v) is 13.2. The molecule has 4 nitrogen and oxygen atoms in total. The van der Waals surface area contributed by atoms with E-state index in [1.165, 1.54) is 5.56 Å². The van der Waals surface area contributed by atoms with Gasteiger partial charge >= 0.3 is 0 Å². The van der Waals surface area contributed by atoms with Crippen LogP contribution in [-0.2, 0) is 16.1 Å². The molecule has 2 rings (SSSR count). The molecule has 1 aromatic carbocycles. The molecule has 116 valence electrons. The Hall–Kier alpha value is -1.39. The second-order valence-corrected chi connectivity index (χ2v) is 5.93. The molecule has 1 amide bonds. The highest BCUT2D eigenvalue weighted by atomic mass is 16.5. The van der Waals surface area contributed by atoms with Gasteiger partial charge in [-0.25, -0.2) is 0 Å². The number of carbonyl (C=O) groups excluding carboxylic acids is 1. The number of ether oxygens (including phenoxy) is 1. The van der Waals surface area contributed by atoms with Crippen molar-refractivity contribution in [3.63, 3.8) is 0 Å². The fraction of sp³-hybridized carbons (Fsp3) is 0.588. The highest BCUT2D eigenvalue weighted by Crippen LogP contribution is 2.25. The summed E-state index contributed by atoms with van der Waals surface area (Å²) in [5.74, 6) is 0.0599. The van der Waals surface area contributed by atoms with Crippen LogP contribution in [0.25, 0.3) is 0 Å². The second-order valence-electron chi connectivity index (χ2n) is 5.93. The lowest BCUT2D eigenvalue weighted by Gasteiger charge is -2.16. The summed E-state index contributed by atoms with van der Waals surface area (Å²) >= 11 is 0. The van der Waals surface area contributed by atoms with Crippen molar-refractivity contribution < 1.29 is 9.53 Å². The van der Waals surface area contributed by atoms with Crippen LogP contribution in [0.4, 0.5) is 5.69 Å². The Kier molecular flexibility index (Phi) is 5.76. The van der Waals surface area contributed by atoms with Crippen molar-refractivity contribution in [1.82, 2.24) is 5.32 Å². The van der Waals surface area contributed by atoms with Gasteiger partial charge in [-0.3, -0.25) is 4.79 Å². The SMILES string of the molecule is CCC1OCCC1C(=O)Nc1ccc(CNC(C)C)cc1. The van der Waals surface area contributed by atoms with Crippen molar-refractivity contribution in [2.45, 2.75) is 52.3 Å².